The molecule has 0 bridgehead atoms. The van der Waals surface area contributed by atoms with Gasteiger partial charge in [-0.2, -0.15) is 0 Å². The van der Waals surface area contributed by atoms with Crippen molar-refractivity contribution in [1.82, 2.24) is 10.3 Å². The maximum Gasteiger partial charge on any atom is 0.325 e. The molecular formula is C16H12ClFN2O4. The lowest BCUT2D eigenvalue weighted by Gasteiger charge is -2.06. The first-order chi connectivity index (χ1) is 11.5. The maximum atomic E-state index is 13.0. The Morgan fingerprint density at radius 1 is 1.21 bits per heavy atom. The summed E-state index contributed by atoms with van der Waals surface area (Å²) in [6.07, 6.45) is 1.35. The van der Waals surface area contributed by atoms with Crippen LogP contribution in [0.3, 0.4) is 0 Å². The van der Waals surface area contributed by atoms with Gasteiger partial charge in [0.25, 0.3) is 5.91 Å². The molecular weight excluding hydrogens is 339 g/mol. The Hall–Kier alpha value is -2.80. The van der Waals surface area contributed by atoms with Gasteiger partial charge in [-0.3, -0.25) is 19.4 Å². The quantitative estimate of drug-likeness (QED) is 0.636. The number of nitrogens with zero attached hydrogens (tertiary/aromatic N) is 1. The summed E-state index contributed by atoms with van der Waals surface area (Å²) in [6, 6.07) is 7.87. The number of ether oxygens (including phenoxy) is 1. The zero-order valence-electron chi connectivity index (χ0n) is 12.3. The van der Waals surface area contributed by atoms with E-state index in [0.29, 0.717) is 5.02 Å². The van der Waals surface area contributed by atoms with Crippen molar-refractivity contribution >= 4 is 29.3 Å². The zero-order chi connectivity index (χ0) is 17.5. The predicted octanol–water partition coefficient (Wildman–Crippen LogP) is 2.03. The minimum absolute atomic E-state index is 0.0473. The zero-order valence-corrected chi connectivity index (χ0v) is 13.0. The van der Waals surface area contributed by atoms with Gasteiger partial charge in [-0.05, 0) is 24.3 Å². The summed E-state index contributed by atoms with van der Waals surface area (Å²) >= 11 is 5.73. The largest absolute Gasteiger partial charge is 0.456 e. The molecule has 0 aliphatic rings. The van der Waals surface area contributed by atoms with Crippen molar-refractivity contribution in [3.05, 3.63) is 64.7 Å². The standard InChI is InChI=1S/C16H12ClFN2O4/c17-11-4-5-19-13(7-11)16(23)20-8-15(22)24-9-14(21)10-2-1-3-12(18)6-10/h1-7H,8-9H2,(H,20,23). The molecule has 0 saturated heterocycles. The Labute approximate surface area is 141 Å². The van der Waals surface area contributed by atoms with Gasteiger partial charge in [0.15, 0.2) is 12.4 Å². The van der Waals surface area contributed by atoms with E-state index in [1.165, 1.54) is 36.5 Å². The topological polar surface area (TPSA) is 85.4 Å². The van der Waals surface area contributed by atoms with Crippen LogP contribution in [0.4, 0.5) is 4.39 Å². The number of carbonyl (C=O) groups is 3. The molecule has 0 fully saturated rings. The Morgan fingerprint density at radius 3 is 2.71 bits per heavy atom. The van der Waals surface area contributed by atoms with Gasteiger partial charge in [-0.15, -0.1) is 0 Å². The summed E-state index contributed by atoms with van der Waals surface area (Å²) in [5, 5.41) is 2.62. The Balaban J connectivity index is 1.79. The number of nitrogens with one attached hydrogen (secondary N) is 1. The van der Waals surface area contributed by atoms with Crippen LogP contribution in [-0.2, 0) is 9.53 Å². The number of pyridine rings is 1. The summed E-state index contributed by atoms with van der Waals surface area (Å²) in [5.74, 6) is -2.53. The molecule has 0 atom stereocenters. The van der Waals surface area contributed by atoms with Crippen molar-refractivity contribution in [1.29, 1.82) is 0 Å². The molecule has 0 aliphatic carbocycles. The monoisotopic (exact) mass is 350 g/mol. The minimum Gasteiger partial charge on any atom is -0.456 e. The van der Waals surface area contributed by atoms with Crippen LogP contribution in [0, 0.1) is 5.82 Å². The first-order valence-corrected chi connectivity index (χ1v) is 7.17. The van der Waals surface area contributed by atoms with Crippen molar-refractivity contribution in [3.63, 3.8) is 0 Å². The van der Waals surface area contributed by atoms with Crippen LogP contribution in [0.15, 0.2) is 42.6 Å². The average molecular weight is 351 g/mol. The molecule has 2 aromatic rings. The molecule has 1 aromatic carbocycles. The van der Waals surface area contributed by atoms with Crippen molar-refractivity contribution in [2.75, 3.05) is 13.2 Å². The van der Waals surface area contributed by atoms with Crippen LogP contribution in [0.1, 0.15) is 20.8 Å². The van der Waals surface area contributed by atoms with Gasteiger partial charge in [0.1, 0.15) is 18.1 Å². The lowest BCUT2D eigenvalue weighted by molar-refractivity contribution is -0.141. The number of carbonyl (C=O) groups excluding carboxylic acids is 3. The van der Waals surface area contributed by atoms with Gasteiger partial charge in [0.05, 0.1) is 0 Å². The molecule has 1 amide bonds. The van der Waals surface area contributed by atoms with Gasteiger partial charge in [0.2, 0.25) is 0 Å². The Kier molecular flexibility index (Phi) is 5.97. The molecule has 0 unspecified atom stereocenters. The highest BCUT2D eigenvalue weighted by molar-refractivity contribution is 6.30. The first kappa shape index (κ1) is 17.6. The number of amides is 1. The Bertz CT molecular complexity index is 719. The number of halogens is 2. The fourth-order valence-corrected chi connectivity index (χ4v) is 1.87. The number of hydrogen-bond acceptors (Lipinski definition) is 5. The molecule has 1 aromatic heterocycles. The number of rotatable bonds is 6. The third-order valence-electron chi connectivity index (χ3n) is 2.86. The summed E-state index contributed by atoms with van der Waals surface area (Å²) in [5.41, 5.74) is 0.140. The van der Waals surface area contributed by atoms with E-state index in [1.54, 1.807) is 0 Å². The number of ketones is 1. The maximum absolute atomic E-state index is 13.0. The van der Waals surface area contributed by atoms with E-state index in [1.807, 2.05) is 0 Å². The summed E-state index contributed by atoms with van der Waals surface area (Å²) in [7, 11) is 0. The van der Waals surface area contributed by atoms with Crippen molar-refractivity contribution in [2.24, 2.45) is 0 Å². The van der Waals surface area contributed by atoms with Crippen LogP contribution < -0.4 is 5.32 Å². The SMILES string of the molecule is O=C(CNC(=O)c1cc(Cl)ccn1)OCC(=O)c1cccc(F)c1. The molecule has 0 aliphatic heterocycles. The van der Waals surface area contributed by atoms with Gasteiger partial charge in [-0.25, -0.2) is 4.39 Å². The highest BCUT2D eigenvalue weighted by atomic mass is 35.5. The van der Waals surface area contributed by atoms with E-state index in [9.17, 15) is 18.8 Å². The predicted molar refractivity (Wildman–Crippen MR) is 83.3 cm³/mol. The van der Waals surface area contributed by atoms with E-state index in [0.717, 1.165) is 6.07 Å². The molecule has 0 saturated carbocycles. The van der Waals surface area contributed by atoms with Gasteiger partial charge in [0, 0.05) is 16.8 Å². The smallest absolute Gasteiger partial charge is 0.325 e. The van der Waals surface area contributed by atoms with E-state index >= 15 is 0 Å². The molecule has 1 heterocycles. The van der Waals surface area contributed by atoms with E-state index < -0.39 is 36.6 Å². The van der Waals surface area contributed by atoms with Crippen LogP contribution in [0.25, 0.3) is 0 Å². The van der Waals surface area contributed by atoms with Crippen molar-refractivity contribution in [2.45, 2.75) is 0 Å². The van der Waals surface area contributed by atoms with Gasteiger partial charge in [-0.1, -0.05) is 23.7 Å². The molecule has 24 heavy (non-hydrogen) atoms. The Morgan fingerprint density at radius 2 is 2.00 bits per heavy atom. The molecule has 0 radical (unpaired) electrons. The number of Topliss-reactive ketones (excluding diaryl/α,β-unsaturated/α-hetero) is 1. The molecule has 2 rings (SSSR count). The summed E-state index contributed by atoms with van der Waals surface area (Å²) in [6.45, 7) is -0.989. The van der Waals surface area contributed by atoms with Gasteiger partial charge >= 0.3 is 5.97 Å². The van der Waals surface area contributed by atoms with Crippen LogP contribution >= 0.6 is 11.6 Å². The lowest BCUT2D eigenvalue weighted by atomic mass is 10.1. The molecule has 8 heteroatoms. The van der Waals surface area contributed by atoms with E-state index in [2.05, 4.69) is 10.3 Å². The lowest BCUT2D eigenvalue weighted by Crippen LogP contribution is -2.32. The second kappa shape index (κ2) is 8.16. The molecule has 6 nitrogen and oxygen atoms in total. The normalized spacial score (nSPS) is 10.1. The van der Waals surface area contributed by atoms with E-state index in [-0.39, 0.29) is 11.3 Å². The fourth-order valence-electron chi connectivity index (χ4n) is 1.71. The van der Waals surface area contributed by atoms with Crippen LogP contribution in [0.5, 0.6) is 0 Å². The number of esters is 1. The summed E-state index contributed by atoms with van der Waals surface area (Å²) < 4.78 is 17.7. The van der Waals surface area contributed by atoms with Crippen molar-refractivity contribution in [3.8, 4) is 0 Å². The highest BCUT2D eigenvalue weighted by Crippen LogP contribution is 2.07. The third kappa shape index (κ3) is 5.13. The second-order valence-corrected chi connectivity index (χ2v) is 5.07. The molecule has 0 spiro atoms. The number of hydrogen-bond donors (Lipinski definition) is 1. The molecule has 124 valence electrons. The highest BCUT2D eigenvalue weighted by Gasteiger charge is 2.13. The van der Waals surface area contributed by atoms with Gasteiger partial charge < -0.3 is 10.1 Å². The summed E-state index contributed by atoms with van der Waals surface area (Å²) in [4.78, 5) is 38.8. The molecule has 1 N–H and O–H groups in total. The van der Waals surface area contributed by atoms with Crippen LogP contribution in [0.2, 0.25) is 5.02 Å². The van der Waals surface area contributed by atoms with Crippen LogP contribution in [-0.4, -0.2) is 35.8 Å². The number of benzene rings is 1. The third-order valence-corrected chi connectivity index (χ3v) is 3.09. The number of aromatic nitrogens is 1. The fraction of sp³-hybridized carbons (Fsp3) is 0.125. The van der Waals surface area contributed by atoms with Crippen molar-refractivity contribution < 1.29 is 23.5 Å². The first-order valence-electron chi connectivity index (χ1n) is 6.80. The second-order valence-electron chi connectivity index (χ2n) is 4.64. The average Bonchev–Trinajstić information content (AvgIpc) is 2.57. The minimum atomic E-state index is -0.810. The van der Waals surface area contributed by atoms with E-state index in [4.69, 9.17) is 16.3 Å².